The summed E-state index contributed by atoms with van der Waals surface area (Å²) < 4.78 is 21.8. The molecule has 0 aromatic heterocycles. The quantitative estimate of drug-likeness (QED) is 0.258. The van der Waals surface area contributed by atoms with Crippen molar-refractivity contribution in [1.29, 1.82) is 0 Å². The highest BCUT2D eigenvalue weighted by Crippen LogP contribution is 2.35. The van der Waals surface area contributed by atoms with Gasteiger partial charge in [0, 0.05) is 0 Å². The Hall–Kier alpha value is -0.232. The monoisotopic (exact) mass is 500 g/mol. The van der Waals surface area contributed by atoms with Gasteiger partial charge in [-0.25, -0.2) is 0 Å². The minimum atomic E-state index is -2.75. The van der Waals surface area contributed by atoms with Crippen molar-refractivity contribution in [2.24, 2.45) is 0 Å². The van der Waals surface area contributed by atoms with Gasteiger partial charge in [0.25, 0.3) is 0 Å². The average molecular weight is 501 g/mol. The molecule has 31 heavy (non-hydrogen) atoms. The summed E-state index contributed by atoms with van der Waals surface area (Å²) in [5, 5.41) is 11.1. The van der Waals surface area contributed by atoms with Crippen LogP contribution in [0.4, 0.5) is 0 Å². The number of phenols is 1. The third-order valence-electron chi connectivity index (χ3n) is 7.44. The summed E-state index contributed by atoms with van der Waals surface area (Å²) >= 11 is 0. The van der Waals surface area contributed by atoms with Gasteiger partial charge >= 0.3 is 17.1 Å². The highest BCUT2D eigenvalue weighted by molar-refractivity contribution is 6.96. The van der Waals surface area contributed by atoms with Crippen LogP contribution < -0.4 is 5.19 Å². The maximum atomic E-state index is 9.93. The van der Waals surface area contributed by atoms with Gasteiger partial charge in [0.05, 0.1) is 0 Å². The molecule has 1 atom stereocenters. The van der Waals surface area contributed by atoms with E-state index in [1.165, 1.54) is 0 Å². The van der Waals surface area contributed by atoms with Crippen molar-refractivity contribution in [2.75, 3.05) is 0 Å². The highest BCUT2D eigenvalue weighted by Gasteiger charge is 2.52. The van der Waals surface area contributed by atoms with Crippen LogP contribution in [-0.4, -0.2) is 38.9 Å². The number of aromatic hydroxyl groups is 1. The van der Waals surface area contributed by atoms with E-state index in [0.717, 1.165) is 53.5 Å². The van der Waals surface area contributed by atoms with Gasteiger partial charge in [0.1, 0.15) is 5.75 Å². The lowest BCUT2D eigenvalue weighted by molar-refractivity contribution is 0.313. The normalized spacial score (nSPS) is 15.1. The molecule has 180 valence electrons. The predicted octanol–water partition coefficient (Wildman–Crippen LogP) is 7.21. The van der Waals surface area contributed by atoms with Crippen molar-refractivity contribution in [3.63, 3.8) is 0 Å². The molecular weight excluding hydrogens is 453 g/mol. The molecule has 1 rings (SSSR count). The minimum Gasteiger partial charge on any atom is -0.508 e. The van der Waals surface area contributed by atoms with Crippen molar-refractivity contribution < 1.29 is 17.5 Å². The van der Waals surface area contributed by atoms with Crippen molar-refractivity contribution >= 4 is 38.9 Å². The van der Waals surface area contributed by atoms with Crippen LogP contribution in [0.1, 0.15) is 55.4 Å². The molecular formula is C23H48O4Si4. The zero-order valence-electron chi connectivity index (χ0n) is 21.6. The zero-order chi connectivity index (χ0) is 23.8. The molecule has 0 bridgehead atoms. The maximum absolute atomic E-state index is 9.93. The number of phenolic OH excluding ortho intramolecular Hbond substituents is 1. The standard InChI is InChI=1S/C23H48O4Si4/c1-10-28(9,11-2)25-31(17-8,23-20-18-22(24)19-21-23)27-30(15-6,16-7)26-29(12-3,13-4)14-5/h18-21,24H,10-17H2,1-9H3. The number of benzene rings is 1. The van der Waals surface area contributed by atoms with Gasteiger partial charge in [0.2, 0.25) is 0 Å². The molecule has 0 heterocycles. The third kappa shape index (κ3) is 6.88. The van der Waals surface area contributed by atoms with Crippen LogP contribution in [0.25, 0.3) is 0 Å². The molecule has 0 aliphatic rings. The third-order valence-corrected chi connectivity index (χ3v) is 27.9. The molecule has 0 spiro atoms. The number of hydrogen-bond donors (Lipinski definition) is 1. The fourth-order valence-electron chi connectivity index (χ4n) is 4.22. The van der Waals surface area contributed by atoms with Crippen LogP contribution in [0, 0.1) is 0 Å². The van der Waals surface area contributed by atoms with Gasteiger partial charge in [-0.05, 0) is 72.2 Å². The first-order valence-electron chi connectivity index (χ1n) is 12.5. The molecule has 0 saturated heterocycles. The fraction of sp³-hybridized carbons (Fsp3) is 0.739. The van der Waals surface area contributed by atoms with Gasteiger partial charge in [0.15, 0.2) is 16.6 Å². The molecule has 0 fully saturated rings. The second-order valence-electron chi connectivity index (χ2n) is 8.98. The predicted molar refractivity (Wildman–Crippen MR) is 144 cm³/mol. The van der Waals surface area contributed by atoms with E-state index in [1.54, 1.807) is 12.1 Å². The van der Waals surface area contributed by atoms with Gasteiger partial charge < -0.3 is 17.5 Å². The van der Waals surface area contributed by atoms with Crippen molar-refractivity contribution in [2.45, 2.75) is 110 Å². The molecule has 8 heteroatoms. The summed E-state index contributed by atoms with van der Waals surface area (Å²) in [5.41, 5.74) is 0. The van der Waals surface area contributed by atoms with Crippen molar-refractivity contribution in [3.8, 4) is 5.75 Å². The van der Waals surface area contributed by atoms with Crippen molar-refractivity contribution in [1.82, 2.24) is 0 Å². The van der Waals surface area contributed by atoms with Gasteiger partial charge in [-0.3, -0.25) is 0 Å². The van der Waals surface area contributed by atoms with E-state index in [2.05, 4.69) is 61.9 Å². The lowest BCUT2D eigenvalue weighted by Gasteiger charge is -2.47. The molecule has 1 aromatic carbocycles. The largest absolute Gasteiger partial charge is 0.508 e. The van der Waals surface area contributed by atoms with Crippen LogP contribution in [0.2, 0.25) is 54.9 Å². The van der Waals surface area contributed by atoms with Crippen LogP contribution >= 0.6 is 0 Å². The Morgan fingerprint density at radius 3 is 1.45 bits per heavy atom. The molecule has 0 aliphatic heterocycles. The van der Waals surface area contributed by atoms with E-state index in [4.69, 9.17) is 12.3 Å². The van der Waals surface area contributed by atoms with E-state index in [1.807, 2.05) is 12.1 Å². The first-order chi connectivity index (χ1) is 14.6. The Balaban J connectivity index is 3.59. The first-order valence-corrected chi connectivity index (χ1v) is 22.1. The molecule has 0 radical (unpaired) electrons. The molecule has 1 N–H and O–H groups in total. The second kappa shape index (κ2) is 12.3. The lowest BCUT2D eigenvalue weighted by Crippen LogP contribution is -2.66. The highest BCUT2D eigenvalue weighted by atomic mass is 28.5. The molecule has 1 unspecified atom stereocenters. The lowest BCUT2D eigenvalue weighted by atomic mass is 10.3. The maximum Gasteiger partial charge on any atom is 0.353 e. The minimum absolute atomic E-state index is 0.286. The summed E-state index contributed by atoms with van der Waals surface area (Å²) in [6.07, 6.45) is 0. The molecule has 4 nitrogen and oxygen atoms in total. The first kappa shape index (κ1) is 28.8. The van der Waals surface area contributed by atoms with E-state index in [-0.39, 0.29) is 5.75 Å². The molecule has 1 aromatic rings. The zero-order valence-corrected chi connectivity index (χ0v) is 25.6. The second-order valence-corrected chi connectivity index (χ2v) is 26.3. The summed E-state index contributed by atoms with van der Waals surface area (Å²) in [4.78, 5) is 0. The van der Waals surface area contributed by atoms with Crippen LogP contribution in [-0.2, 0) is 12.3 Å². The Morgan fingerprint density at radius 1 is 0.613 bits per heavy atom. The summed E-state index contributed by atoms with van der Waals surface area (Å²) in [6, 6.07) is 15.9. The number of hydrogen-bond acceptors (Lipinski definition) is 4. The molecule has 0 aliphatic carbocycles. The smallest absolute Gasteiger partial charge is 0.353 e. The van der Waals surface area contributed by atoms with Crippen LogP contribution in [0.15, 0.2) is 24.3 Å². The Bertz CT molecular complexity index is 635. The summed E-state index contributed by atoms with van der Waals surface area (Å²) in [7, 11) is -8.94. The van der Waals surface area contributed by atoms with E-state index in [0.29, 0.717) is 0 Å². The van der Waals surface area contributed by atoms with Gasteiger partial charge in [-0.2, -0.15) is 0 Å². The average Bonchev–Trinajstić information content (AvgIpc) is 2.82. The Morgan fingerprint density at radius 2 is 1.10 bits per heavy atom. The van der Waals surface area contributed by atoms with Gasteiger partial charge in [-0.1, -0.05) is 67.5 Å². The Labute approximate surface area is 196 Å². The number of rotatable bonds is 15. The topological polar surface area (TPSA) is 47.9 Å². The van der Waals surface area contributed by atoms with Crippen molar-refractivity contribution in [3.05, 3.63) is 24.3 Å². The fourth-order valence-corrected chi connectivity index (χ4v) is 24.9. The molecule has 0 saturated carbocycles. The van der Waals surface area contributed by atoms with E-state index >= 15 is 0 Å². The Kier molecular flexibility index (Phi) is 11.4. The van der Waals surface area contributed by atoms with E-state index in [9.17, 15) is 5.11 Å². The SMILES string of the molecule is CC[Si](C)(CC)O[Si](CC)(O[Si](CC)(CC)O[Si](CC)(CC)CC)c1ccc(O)cc1. The summed E-state index contributed by atoms with van der Waals surface area (Å²) in [5.74, 6) is 0.286. The van der Waals surface area contributed by atoms with Crippen LogP contribution in [0.3, 0.4) is 0 Å². The summed E-state index contributed by atoms with van der Waals surface area (Å²) in [6.45, 7) is 20.5. The van der Waals surface area contributed by atoms with Gasteiger partial charge in [-0.15, -0.1) is 0 Å². The molecule has 0 amide bonds. The van der Waals surface area contributed by atoms with E-state index < -0.39 is 33.8 Å². The van der Waals surface area contributed by atoms with Crippen LogP contribution in [0.5, 0.6) is 5.75 Å².